The molecular weight excluding hydrogens is 122 g/mol. The minimum atomic E-state index is -0.456. The molecule has 0 radical (unpaired) electrons. The van der Waals surface area contributed by atoms with E-state index in [9.17, 15) is 4.21 Å². The monoisotopic (exact) mass is 135 g/mol. The van der Waals surface area contributed by atoms with Crippen LogP contribution in [0.3, 0.4) is 0 Å². The van der Waals surface area contributed by atoms with Crippen molar-refractivity contribution in [3.8, 4) is 0 Å². The van der Waals surface area contributed by atoms with Gasteiger partial charge in [0.1, 0.15) is 0 Å². The number of rotatable bonds is 4. The lowest BCUT2D eigenvalue weighted by Crippen LogP contribution is -1.77. The van der Waals surface area contributed by atoms with Gasteiger partial charge in [-0.1, -0.05) is 19.8 Å². The third-order valence-electron chi connectivity index (χ3n) is 0.938. The Morgan fingerprint density at radius 1 is 1.50 bits per heavy atom. The molecule has 2 nitrogen and oxygen atoms in total. The first-order valence-electron chi connectivity index (χ1n) is 2.95. The largest absolute Gasteiger partial charge is 0.256 e. The van der Waals surface area contributed by atoms with Crippen molar-refractivity contribution in [3.63, 3.8) is 0 Å². The average Bonchev–Trinajstić information content (AvgIpc) is 1.81. The Kier molecular flexibility index (Phi) is 6.91. The quantitative estimate of drug-likeness (QED) is 0.529. The van der Waals surface area contributed by atoms with Crippen LogP contribution in [0.5, 0.6) is 0 Å². The fourth-order valence-corrected chi connectivity index (χ4v) is 0.736. The van der Waals surface area contributed by atoms with Gasteiger partial charge in [-0.3, -0.25) is 4.21 Å². The van der Waals surface area contributed by atoms with Gasteiger partial charge in [-0.15, -0.1) is 0 Å². The van der Waals surface area contributed by atoms with Crippen LogP contribution in [0.1, 0.15) is 26.2 Å². The minimum Gasteiger partial charge on any atom is -0.256 e. The molecule has 0 aliphatic heterocycles. The maximum absolute atomic E-state index is 9.75. The summed E-state index contributed by atoms with van der Waals surface area (Å²) >= 11 is -0.456. The maximum Gasteiger partial charge on any atom is 0.0479 e. The van der Waals surface area contributed by atoms with E-state index in [1.807, 2.05) is 0 Å². The Hall–Kier alpha value is -0.0500. The Balaban J connectivity index is 2.82. The van der Waals surface area contributed by atoms with Crippen molar-refractivity contribution in [3.05, 3.63) is 0 Å². The molecule has 8 heavy (non-hydrogen) atoms. The van der Waals surface area contributed by atoms with Gasteiger partial charge in [0.15, 0.2) is 0 Å². The van der Waals surface area contributed by atoms with Gasteiger partial charge in [0.25, 0.3) is 0 Å². The molecule has 0 bridgehead atoms. The Morgan fingerprint density at radius 3 is 2.75 bits per heavy atom. The normalized spacial score (nSPS) is 10.6. The predicted octanol–water partition coefficient (Wildman–Crippen LogP) is 1.04. The summed E-state index contributed by atoms with van der Waals surface area (Å²) in [5.41, 5.74) is 0. The Labute approximate surface area is 53.5 Å². The molecule has 0 rings (SSSR count). The molecule has 0 aliphatic carbocycles. The van der Waals surface area contributed by atoms with E-state index in [1.54, 1.807) is 0 Å². The van der Waals surface area contributed by atoms with E-state index in [0.29, 0.717) is 0 Å². The third kappa shape index (κ3) is 5.95. The van der Waals surface area contributed by atoms with Crippen molar-refractivity contribution in [2.45, 2.75) is 26.2 Å². The third-order valence-corrected chi connectivity index (χ3v) is 1.29. The summed E-state index contributed by atoms with van der Waals surface area (Å²) in [7, 11) is 0. The predicted molar refractivity (Wildman–Crippen MR) is 37.8 cm³/mol. The van der Waals surface area contributed by atoms with Gasteiger partial charge in [0, 0.05) is 18.0 Å². The van der Waals surface area contributed by atoms with Crippen LogP contribution in [0.25, 0.3) is 0 Å². The van der Waals surface area contributed by atoms with Gasteiger partial charge in [-0.05, 0) is 6.42 Å². The molecule has 0 aromatic heterocycles. The summed E-state index contributed by atoms with van der Waals surface area (Å²) in [5, 5.41) is 0. The second-order valence-electron chi connectivity index (χ2n) is 1.68. The molecule has 0 aromatic carbocycles. The lowest BCUT2D eigenvalue weighted by Gasteiger charge is -1.87. The molecule has 0 N–H and O–H groups in total. The molecule has 0 saturated carbocycles. The zero-order valence-corrected chi connectivity index (χ0v) is 6.18. The molecule has 0 heterocycles. The van der Waals surface area contributed by atoms with Crippen LogP contribution in [-0.4, -0.2) is 10.8 Å². The molecule has 0 aliphatic rings. The van der Waals surface area contributed by atoms with Crippen molar-refractivity contribution < 1.29 is 4.21 Å². The van der Waals surface area contributed by atoms with E-state index >= 15 is 0 Å². The standard InChI is InChI=1S/C5H13NOS/c1-2-3-4-5-6-8-7/h2-5,8H2,1H3. The number of nitrogens with zero attached hydrogens (tertiary/aromatic N) is 1. The van der Waals surface area contributed by atoms with Crippen molar-refractivity contribution in [2.75, 3.05) is 6.54 Å². The first kappa shape index (κ1) is 7.95. The van der Waals surface area contributed by atoms with Gasteiger partial charge in [-0.2, -0.15) is 0 Å². The summed E-state index contributed by atoms with van der Waals surface area (Å²) in [6, 6.07) is 0. The summed E-state index contributed by atoms with van der Waals surface area (Å²) < 4.78 is 13.4. The van der Waals surface area contributed by atoms with Crippen molar-refractivity contribution in [1.29, 1.82) is 0 Å². The molecule has 0 unspecified atom stereocenters. The van der Waals surface area contributed by atoms with Crippen LogP contribution >= 0.6 is 0 Å². The SMILES string of the molecule is CCCCCN=[SH2]=O. The van der Waals surface area contributed by atoms with Gasteiger partial charge >= 0.3 is 0 Å². The molecule has 0 aromatic rings. The fourth-order valence-electron chi connectivity index (χ4n) is 0.487. The summed E-state index contributed by atoms with van der Waals surface area (Å²) in [6.45, 7) is 2.91. The number of hydrogen-bond donors (Lipinski definition) is 0. The van der Waals surface area contributed by atoms with Gasteiger partial charge in [0.2, 0.25) is 0 Å². The lowest BCUT2D eigenvalue weighted by molar-refractivity contribution is 0.691. The van der Waals surface area contributed by atoms with Crippen LogP contribution in [-0.2, 0) is 11.5 Å². The van der Waals surface area contributed by atoms with Crippen molar-refractivity contribution in [2.24, 2.45) is 4.36 Å². The van der Waals surface area contributed by atoms with Crippen molar-refractivity contribution >= 4 is 11.5 Å². The first-order valence-corrected chi connectivity index (χ1v) is 3.81. The van der Waals surface area contributed by atoms with Crippen LogP contribution in [0.4, 0.5) is 0 Å². The molecular formula is C5H13NOS. The van der Waals surface area contributed by atoms with Crippen LogP contribution in [0.2, 0.25) is 0 Å². The minimum absolute atomic E-state index is 0.456. The van der Waals surface area contributed by atoms with E-state index in [1.165, 1.54) is 12.8 Å². The Morgan fingerprint density at radius 2 is 2.25 bits per heavy atom. The first-order chi connectivity index (χ1) is 3.91. The van der Waals surface area contributed by atoms with Gasteiger partial charge in [0.05, 0.1) is 0 Å². The molecule has 3 heteroatoms. The van der Waals surface area contributed by atoms with Crippen molar-refractivity contribution in [1.82, 2.24) is 0 Å². The molecule has 0 amide bonds. The van der Waals surface area contributed by atoms with Crippen LogP contribution in [0.15, 0.2) is 4.36 Å². The summed E-state index contributed by atoms with van der Waals surface area (Å²) in [4.78, 5) is 0. The highest BCUT2D eigenvalue weighted by Gasteiger charge is 1.79. The molecule has 50 valence electrons. The highest BCUT2D eigenvalue weighted by molar-refractivity contribution is 7.54. The van der Waals surface area contributed by atoms with Gasteiger partial charge in [-0.25, -0.2) is 4.36 Å². The smallest absolute Gasteiger partial charge is 0.0479 e. The maximum atomic E-state index is 9.75. The second-order valence-corrected chi connectivity index (χ2v) is 2.18. The zero-order valence-electron chi connectivity index (χ0n) is 5.18. The van der Waals surface area contributed by atoms with E-state index in [0.717, 1.165) is 13.0 Å². The average molecular weight is 135 g/mol. The lowest BCUT2D eigenvalue weighted by atomic mass is 10.3. The number of unbranched alkanes of at least 4 members (excludes halogenated alkanes) is 2. The second kappa shape index (κ2) is 6.95. The van der Waals surface area contributed by atoms with E-state index in [2.05, 4.69) is 11.3 Å². The van der Waals surface area contributed by atoms with Crippen LogP contribution < -0.4 is 0 Å². The van der Waals surface area contributed by atoms with E-state index in [-0.39, 0.29) is 0 Å². The van der Waals surface area contributed by atoms with Gasteiger partial charge < -0.3 is 0 Å². The molecule has 0 atom stereocenters. The van der Waals surface area contributed by atoms with E-state index in [4.69, 9.17) is 0 Å². The van der Waals surface area contributed by atoms with E-state index < -0.39 is 11.5 Å². The Bertz CT molecular complexity index is 88.4. The van der Waals surface area contributed by atoms with Crippen LogP contribution in [0, 0.1) is 0 Å². The summed E-state index contributed by atoms with van der Waals surface area (Å²) in [6.07, 6.45) is 3.50. The molecule has 0 saturated heterocycles. The topological polar surface area (TPSA) is 29.4 Å². The highest BCUT2D eigenvalue weighted by Crippen LogP contribution is 1.92. The number of hydrogen-bond acceptors (Lipinski definition) is 2. The molecule has 0 fully saturated rings. The summed E-state index contributed by atoms with van der Waals surface area (Å²) in [5.74, 6) is 0. The fraction of sp³-hybridized carbons (Fsp3) is 1.00. The highest BCUT2D eigenvalue weighted by atomic mass is 32.1. The zero-order chi connectivity index (χ0) is 6.24. The molecule has 0 spiro atoms.